The van der Waals surface area contributed by atoms with Crippen LogP contribution in [-0.2, 0) is 10.0 Å². The van der Waals surface area contributed by atoms with Crippen molar-refractivity contribution in [3.63, 3.8) is 0 Å². The molecule has 4 nitrogen and oxygen atoms in total. The van der Waals surface area contributed by atoms with Gasteiger partial charge in [0.05, 0.1) is 11.0 Å². The van der Waals surface area contributed by atoms with Gasteiger partial charge in [0, 0.05) is 11.6 Å². The normalized spacial score (nSPS) is 21.3. The second-order valence-corrected chi connectivity index (χ2v) is 6.18. The maximum atomic E-state index is 12.2. The summed E-state index contributed by atoms with van der Waals surface area (Å²) in [7, 11) is -3.56. The quantitative estimate of drug-likeness (QED) is 0.826. The Hall–Kier alpha value is -1.09. The van der Waals surface area contributed by atoms with E-state index in [2.05, 4.69) is 0 Å². The number of benzene rings is 1. The van der Waals surface area contributed by atoms with Crippen LogP contribution >= 0.6 is 11.6 Å². The van der Waals surface area contributed by atoms with Crippen LogP contribution < -0.4 is 0 Å². The molecular weight excluding hydrogens is 260 g/mol. The summed E-state index contributed by atoms with van der Waals surface area (Å²) in [4.78, 5) is 0.184. The molecule has 1 unspecified atom stereocenters. The van der Waals surface area contributed by atoms with Crippen LogP contribution in [-0.4, -0.2) is 25.3 Å². The predicted molar refractivity (Wildman–Crippen MR) is 64.0 cm³/mol. The third-order valence-electron chi connectivity index (χ3n) is 2.77. The van der Waals surface area contributed by atoms with Gasteiger partial charge in [-0.3, -0.25) is 0 Å². The van der Waals surface area contributed by atoms with Crippen LogP contribution in [0.4, 0.5) is 0 Å². The van der Waals surface area contributed by atoms with Crippen molar-refractivity contribution in [1.82, 2.24) is 4.31 Å². The molecule has 0 saturated carbocycles. The molecule has 0 radical (unpaired) electrons. The van der Waals surface area contributed by atoms with E-state index in [0.717, 1.165) is 6.42 Å². The topological polar surface area (TPSA) is 61.2 Å². The maximum absolute atomic E-state index is 12.2. The van der Waals surface area contributed by atoms with Crippen molar-refractivity contribution in [2.75, 3.05) is 6.54 Å². The molecule has 1 fully saturated rings. The van der Waals surface area contributed by atoms with Gasteiger partial charge in [0.1, 0.15) is 6.04 Å². The summed E-state index contributed by atoms with van der Waals surface area (Å²) < 4.78 is 25.8. The fourth-order valence-electron chi connectivity index (χ4n) is 1.90. The van der Waals surface area contributed by atoms with E-state index in [0.29, 0.717) is 18.0 Å². The second-order valence-electron chi connectivity index (χ2n) is 3.86. The van der Waals surface area contributed by atoms with Gasteiger partial charge >= 0.3 is 0 Å². The van der Waals surface area contributed by atoms with Crippen molar-refractivity contribution in [2.24, 2.45) is 0 Å². The first kappa shape index (κ1) is 12.4. The third-order valence-corrected chi connectivity index (χ3v) is 4.95. The SMILES string of the molecule is N#CC1CCCN1S(=O)(=O)c1ccc(Cl)cc1. The summed E-state index contributed by atoms with van der Waals surface area (Å²) in [5.74, 6) is 0. The Morgan fingerprint density at radius 3 is 2.59 bits per heavy atom. The predicted octanol–water partition coefficient (Wildman–Crippen LogP) is 2.02. The smallest absolute Gasteiger partial charge is 0.207 e. The number of sulfonamides is 1. The minimum absolute atomic E-state index is 0.184. The van der Waals surface area contributed by atoms with Gasteiger partial charge < -0.3 is 0 Å². The van der Waals surface area contributed by atoms with Crippen LogP contribution in [0.5, 0.6) is 0 Å². The van der Waals surface area contributed by atoms with E-state index in [1.165, 1.54) is 28.6 Å². The van der Waals surface area contributed by atoms with E-state index in [1.807, 2.05) is 6.07 Å². The lowest BCUT2D eigenvalue weighted by atomic mass is 10.2. The highest BCUT2D eigenvalue weighted by atomic mass is 35.5. The number of nitrogens with zero attached hydrogens (tertiary/aromatic N) is 2. The lowest BCUT2D eigenvalue weighted by molar-refractivity contribution is 0.437. The van der Waals surface area contributed by atoms with Crippen molar-refractivity contribution >= 4 is 21.6 Å². The third kappa shape index (κ3) is 2.29. The lowest BCUT2D eigenvalue weighted by Gasteiger charge is -2.19. The van der Waals surface area contributed by atoms with Crippen LogP contribution in [0.3, 0.4) is 0 Å². The van der Waals surface area contributed by atoms with E-state index in [4.69, 9.17) is 16.9 Å². The Morgan fingerprint density at radius 1 is 1.35 bits per heavy atom. The van der Waals surface area contributed by atoms with Gasteiger partial charge in [-0.15, -0.1) is 0 Å². The van der Waals surface area contributed by atoms with E-state index in [9.17, 15) is 8.42 Å². The first-order chi connectivity index (χ1) is 8.05. The number of hydrogen-bond donors (Lipinski definition) is 0. The van der Waals surface area contributed by atoms with Gasteiger partial charge in [0.2, 0.25) is 10.0 Å². The molecule has 0 bridgehead atoms. The Morgan fingerprint density at radius 2 is 2.00 bits per heavy atom. The van der Waals surface area contributed by atoms with E-state index in [-0.39, 0.29) is 4.90 Å². The molecule has 1 aromatic carbocycles. The molecule has 1 aliphatic heterocycles. The van der Waals surface area contributed by atoms with Crippen molar-refractivity contribution in [2.45, 2.75) is 23.8 Å². The zero-order valence-electron chi connectivity index (χ0n) is 9.01. The number of rotatable bonds is 2. The summed E-state index contributed by atoms with van der Waals surface area (Å²) >= 11 is 5.72. The van der Waals surface area contributed by atoms with Crippen LogP contribution in [0.25, 0.3) is 0 Å². The summed E-state index contributed by atoms with van der Waals surface area (Å²) in [6.45, 7) is 0.406. The molecule has 0 spiro atoms. The van der Waals surface area contributed by atoms with Gasteiger partial charge in [-0.2, -0.15) is 9.57 Å². The molecule has 1 aromatic rings. The zero-order valence-corrected chi connectivity index (χ0v) is 10.6. The molecule has 0 N–H and O–H groups in total. The van der Waals surface area contributed by atoms with Crippen molar-refractivity contribution < 1.29 is 8.42 Å². The highest BCUT2D eigenvalue weighted by molar-refractivity contribution is 7.89. The molecule has 0 amide bonds. The molecule has 1 heterocycles. The molecule has 2 rings (SSSR count). The molecule has 0 aliphatic carbocycles. The monoisotopic (exact) mass is 270 g/mol. The first-order valence-electron chi connectivity index (χ1n) is 5.23. The van der Waals surface area contributed by atoms with Crippen LogP contribution in [0, 0.1) is 11.3 Å². The van der Waals surface area contributed by atoms with Crippen molar-refractivity contribution in [1.29, 1.82) is 5.26 Å². The average Bonchev–Trinajstić information content (AvgIpc) is 2.78. The maximum Gasteiger partial charge on any atom is 0.244 e. The molecule has 0 aromatic heterocycles. The lowest BCUT2D eigenvalue weighted by Crippen LogP contribution is -2.34. The number of halogens is 1. The first-order valence-corrected chi connectivity index (χ1v) is 7.04. The number of hydrogen-bond acceptors (Lipinski definition) is 3. The van der Waals surface area contributed by atoms with E-state index < -0.39 is 16.1 Å². The number of nitriles is 1. The molecule has 90 valence electrons. The Labute approximate surface area is 105 Å². The fraction of sp³-hybridized carbons (Fsp3) is 0.364. The molecule has 1 aliphatic rings. The average molecular weight is 271 g/mol. The zero-order chi connectivity index (χ0) is 12.5. The van der Waals surface area contributed by atoms with Gasteiger partial charge in [0.25, 0.3) is 0 Å². The van der Waals surface area contributed by atoms with Crippen LogP contribution in [0.1, 0.15) is 12.8 Å². The Bertz CT molecular complexity index is 548. The van der Waals surface area contributed by atoms with E-state index >= 15 is 0 Å². The molecule has 1 atom stereocenters. The summed E-state index contributed by atoms with van der Waals surface area (Å²) in [6, 6.07) is 7.47. The Balaban J connectivity index is 2.37. The van der Waals surface area contributed by atoms with Gasteiger partial charge in [-0.25, -0.2) is 8.42 Å². The highest BCUT2D eigenvalue weighted by Crippen LogP contribution is 2.26. The molecular formula is C11H11ClN2O2S. The largest absolute Gasteiger partial charge is 0.244 e. The summed E-state index contributed by atoms with van der Waals surface area (Å²) in [5, 5.41) is 9.40. The Kier molecular flexibility index (Phi) is 3.38. The molecule has 6 heteroatoms. The van der Waals surface area contributed by atoms with Gasteiger partial charge in [0.15, 0.2) is 0 Å². The highest BCUT2D eigenvalue weighted by Gasteiger charge is 2.35. The van der Waals surface area contributed by atoms with E-state index in [1.54, 1.807) is 0 Å². The summed E-state index contributed by atoms with van der Waals surface area (Å²) in [6.07, 6.45) is 1.33. The minimum atomic E-state index is -3.56. The van der Waals surface area contributed by atoms with Crippen molar-refractivity contribution in [3.8, 4) is 6.07 Å². The van der Waals surface area contributed by atoms with Crippen LogP contribution in [0.2, 0.25) is 5.02 Å². The van der Waals surface area contributed by atoms with Crippen molar-refractivity contribution in [3.05, 3.63) is 29.3 Å². The summed E-state index contributed by atoms with van der Waals surface area (Å²) in [5.41, 5.74) is 0. The molecule has 17 heavy (non-hydrogen) atoms. The standard InChI is InChI=1S/C11H11ClN2O2S/c12-9-3-5-11(6-4-9)17(15,16)14-7-1-2-10(14)8-13/h3-6,10H,1-2,7H2. The van der Waals surface area contributed by atoms with Crippen LogP contribution in [0.15, 0.2) is 29.2 Å². The van der Waals surface area contributed by atoms with Gasteiger partial charge in [-0.1, -0.05) is 11.6 Å². The van der Waals surface area contributed by atoms with Gasteiger partial charge in [-0.05, 0) is 37.1 Å². The molecule has 1 saturated heterocycles. The fourth-order valence-corrected chi connectivity index (χ4v) is 3.63. The minimum Gasteiger partial charge on any atom is -0.207 e. The second kappa shape index (κ2) is 4.65.